The maximum atomic E-state index is 9.42. The Hall–Kier alpha value is -0.480. The van der Waals surface area contributed by atoms with E-state index in [2.05, 4.69) is 15.9 Å². The van der Waals surface area contributed by atoms with Gasteiger partial charge < -0.3 is 9.84 Å². The first-order chi connectivity index (χ1) is 6.11. The second-order valence-corrected chi connectivity index (χ2v) is 4.09. The molecule has 1 aromatic carbocycles. The largest absolute Gasteiger partial charge is 0.504 e. The first-order valence-corrected chi connectivity index (χ1v) is 5.14. The number of benzene rings is 1. The standard InChI is InChI=1S/C8H5BrINO2/c1-13-8-5(12)2-4(3-11)7(10)6(8)9/h2,12H,1H3. The lowest BCUT2D eigenvalue weighted by molar-refractivity contribution is 0.370. The Bertz CT molecular complexity index is 383. The highest BCUT2D eigenvalue weighted by Gasteiger charge is 2.14. The van der Waals surface area contributed by atoms with Gasteiger partial charge in [0.2, 0.25) is 0 Å². The summed E-state index contributed by atoms with van der Waals surface area (Å²) in [6.07, 6.45) is 0. The molecule has 13 heavy (non-hydrogen) atoms. The maximum absolute atomic E-state index is 9.42. The van der Waals surface area contributed by atoms with E-state index in [0.29, 0.717) is 15.8 Å². The second-order valence-electron chi connectivity index (χ2n) is 2.22. The fourth-order valence-corrected chi connectivity index (χ4v) is 1.97. The van der Waals surface area contributed by atoms with E-state index in [1.807, 2.05) is 28.7 Å². The molecule has 0 fully saturated rings. The first-order valence-electron chi connectivity index (χ1n) is 3.26. The lowest BCUT2D eigenvalue weighted by Crippen LogP contribution is -1.91. The van der Waals surface area contributed by atoms with E-state index in [9.17, 15) is 5.11 Å². The molecule has 0 aliphatic carbocycles. The number of phenols is 1. The number of rotatable bonds is 1. The fraction of sp³-hybridized carbons (Fsp3) is 0.125. The van der Waals surface area contributed by atoms with Crippen molar-refractivity contribution in [2.24, 2.45) is 0 Å². The van der Waals surface area contributed by atoms with Gasteiger partial charge in [0.15, 0.2) is 11.5 Å². The molecule has 3 nitrogen and oxygen atoms in total. The molecule has 0 unspecified atom stereocenters. The quantitative estimate of drug-likeness (QED) is 0.790. The molecule has 1 aromatic rings. The number of halogens is 2. The highest BCUT2D eigenvalue weighted by molar-refractivity contribution is 14.1. The Kier molecular flexibility index (Phi) is 3.39. The molecular weight excluding hydrogens is 349 g/mol. The molecule has 1 rings (SSSR count). The number of ether oxygens (including phenoxy) is 1. The Balaban J connectivity index is 3.48. The number of nitrogens with zero attached hydrogens (tertiary/aromatic N) is 1. The first kappa shape index (κ1) is 10.6. The maximum Gasteiger partial charge on any atom is 0.175 e. The minimum atomic E-state index is -0.0358. The summed E-state index contributed by atoms with van der Waals surface area (Å²) in [7, 11) is 1.46. The highest BCUT2D eigenvalue weighted by Crippen LogP contribution is 2.39. The van der Waals surface area contributed by atoms with Crippen molar-refractivity contribution >= 4 is 38.5 Å². The van der Waals surface area contributed by atoms with Crippen LogP contribution in [0.15, 0.2) is 10.5 Å². The molecular formula is C8H5BrINO2. The normalized spacial score (nSPS) is 9.38. The smallest absolute Gasteiger partial charge is 0.175 e. The molecule has 0 radical (unpaired) electrons. The minimum Gasteiger partial charge on any atom is -0.504 e. The van der Waals surface area contributed by atoms with E-state index < -0.39 is 0 Å². The third-order valence-corrected chi connectivity index (χ3v) is 4.09. The summed E-state index contributed by atoms with van der Waals surface area (Å²) in [5, 5.41) is 18.1. The van der Waals surface area contributed by atoms with Crippen LogP contribution in [-0.2, 0) is 0 Å². The number of hydrogen-bond acceptors (Lipinski definition) is 3. The minimum absolute atomic E-state index is 0.0358. The van der Waals surface area contributed by atoms with E-state index in [-0.39, 0.29) is 5.75 Å². The SMILES string of the molecule is COc1c(O)cc(C#N)c(I)c1Br. The Morgan fingerprint density at radius 3 is 2.77 bits per heavy atom. The van der Waals surface area contributed by atoms with E-state index in [1.165, 1.54) is 13.2 Å². The molecule has 1 N–H and O–H groups in total. The van der Waals surface area contributed by atoms with Gasteiger partial charge in [0.25, 0.3) is 0 Å². The predicted molar refractivity (Wildman–Crippen MR) is 59.8 cm³/mol. The van der Waals surface area contributed by atoms with Crippen LogP contribution in [0.1, 0.15) is 5.56 Å². The number of hydrogen-bond donors (Lipinski definition) is 1. The van der Waals surface area contributed by atoms with Crippen molar-refractivity contribution in [3.05, 3.63) is 19.7 Å². The van der Waals surface area contributed by atoms with Gasteiger partial charge in [0.1, 0.15) is 6.07 Å². The van der Waals surface area contributed by atoms with Gasteiger partial charge in [0, 0.05) is 9.64 Å². The van der Waals surface area contributed by atoms with Gasteiger partial charge in [0.05, 0.1) is 17.1 Å². The lowest BCUT2D eigenvalue weighted by atomic mass is 10.2. The molecule has 5 heteroatoms. The fourth-order valence-electron chi connectivity index (χ4n) is 0.872. The van der Waals surface area contributed by atoms with Crippen LogP contribution in [0.25, 0.3) is 0 Å². The molecule has 0 atom stereocenters. The van der Waals surface area contributed by atoms with Crippen LogP contribution in [0.4, 0.5) is 0 Å². The summed E-state index contributed by atoms with van der Waals surface area (Å²) in [4.78, 5) is 0. The number of aromatic hydroxyl groups is 1. The summed E-state index contributed by atoms with van der Waals surface area (Å²) in [6, 6.07) is 3.36. The van der Waals surface area contributed by atoms with Crippen molar-refractivity contribution in [2.75, 3.05) is 7.11 Å². The van der Waals surface area contributed by atoms with Gasteiger partial charge in [-0.25, -0.2) is 0 Å². The van der Waals surface area contributed by atoms with Gasteiger partial charge in [-0.05, 0) is 38.5 Å². The zero-order chi connectivity index (χ0) is 10.0. The van der Waals surface area contributed by atoms with Crippen LogP contribution in [0.3, 0.4) is 0 Å². The van der Waals surface area contributed by atoms with Crippen LogP contribution in [0.5, 0.6) is 11.5 Å². The van der Waals surface area contributed by atoms with Crippen LogP contribution in [0.2, 0.25) is 0 Å². The van der Waals surface area contributed by atoms with Crippen LogP contribution < -0.4 is 4.74 Å². The summed E-state index contributed by atoms with van der Waals surface area (Å²) >= 11 is 5.25. The molecule has 0 heterocycles. The van der Waals surface area contributed by atoms with Crippen molar-refractivity contribution in [1.29, 1.82) is 5.26 Å². The van der Waals surface area contributed by atoms with E-state index in [4.69, 9.17) is 10.00 Å². The molecule has 0 aliphatic rings. The van der Waals surface area contributed by atoms with Crippen molar-refractivity contribution in [1.82, 2.24) is 0 Å². The predicted octanol–water partition coefficient (Wildman–Crippen LogP) is 2.64. The topological polar surface area (TPSA) is 53.2 Å². The van der Waals surface area contributed by atoms with Crippen LogP contribution in [-0.4, -0.2) is 12.2 Å². The molecule has 68 valence electrons. The van der Waals surface area contributed by atoms with E-state index in [1.54, 1.807) is 0 Å². The molecule has 0 bridgehead atoms. The Morgan fingerprint density at radius 2 is 2.31 bits per heavy atom. The Labute approximate surface area is 97.6 Å². The van der Waals surface area contributed by atoms with Gasteiger partial charge in [-0.2, -0.15) is 5.26 Å². The number of phenolic OH excluding ortho intramolecular Hbond substituents is 1. The van der Waals surface area contributed by atoms with E-state index in [0.717, 1.165) is 3.57 Å². The third-order valence-electron chi connectivity index (χ3n) is 1.47. The average molecular weight is 354 g/mol. The average Bonchev–Trinajstić information content (AvgIpc) is 2.12. The second kappa shape index (κ2) is 4.15. The lowest BCUT2D eigenvalue weighted by Gasteiger charge is -2.08. The monoisotopic (exact) mass is 353 g/mol. The zero-order valence-corrected chi connectivity index (χ0v) is 10.4. The summed E-state index contributed by atoms with van der Waals surface area (Å²) in [6.45, 7) is 0. The molecule has 0 amide bonds. The van der Waals surface area contributed by atoms with Gasteiger partial charge in [-0.15, -0.1) is 0 Å². The van der Waals surface area contributed by atoms with Crippen molar-refractivity contribution in [2.45, 2.75) is 0 Å². The van der Waals surface area contributed by atoms with Crippen LogP contribution in [0, 0.1) is 14.9 Å². The molecule has 0 aliphatic heterocycles. The van der Waals surface area contributed by atoms with Crippen molar-refractivity contribution in [3.63, 3.8) is 0 Å². The summed E-state index contributed by atoms with van der Waals surface area (Å²) in [5.41, 5.74) is 0.422. The molecule has 0 spiro atoms. The van der Waals surface area contributed by atoms with Crippen molar-refractivity contribution in [3.8, 4) is 17.6 Å². The molecule has 0 saturated heterocycles. The number of methoxy groups -OCH3 is 1. The molecule has 0 aromatic heterocycles. The Morgan fingerprint density at radius 1 is 1.69 bits per heavy atom. The van der Waals surface area contributed by atoms with Gasteiger partial charge in [-0.1, -0.05) is 0 Å². The van der Waals surface area contributed by atoms with Crippen LogP contribution >= 0.6 is 38.5 Å². The van der Waals surface area contributed by atoms with Gasteiger partial charge in [-0.3, -0.25) is 0 Å². The summed E-state index contributed by atoms with van der Waals surface area (Å²) in [5.74, 6) is 0.315. The number of nitriles is 1. The third kappa shape index (κ3) is 1.89. The highest BCUT2D eigenvalue weighted by atomic mass is 127. The summed E-state index contributed by atoms with van der Waals surface area (Å²) < 4.78 is 6.28. The van der Waals surface area contributed by atoms with E-state index >= 15 is 0 Å². The molecule has 0 saturated carbocycles. The van der Waals surface area contributed by atoms with Crippen molar-refractivity contribution < 1.29 is 9.84 Å². The van der Waals surface area contributed by atoms with Gasteiger partial charge >= 0.3 is 0 Å². The zero-order valence-electron chi connectivity index (χ0n) is 6.64.